The lowest BCUT2D eigenvalue weighted by Gasteiger charge is -2.29. The van der Waals surface area contributed by atoms with Gasteiger partial charge in [0.1, 0.15) is 5.82 Å². The molecule has 106 valence electrons. The number of halogens is 1. The van der Waals surface area contributed by atoms with E-state index in [4.69, 9.17) is 5.73 Å². The topological polar surface area (TPSA) is 47.1 Å². The van der Waals surface area contributed by atoms with E-state index in [1.807, 2.05) is 13.1 Å². The van der Waals surface area contributed by atoms with Crippen molar-refractivity contribution in [2.45, 2.75) is 19.3 Å². The minimum atomic E-state index is 0.677. The second-order valence-corrected chi connectivity index (χ2v) is 6.15. The van der Waals surface area contributed by atoms with E-state index in [9.17, 15) is 0 Å². The van der Waals surface area contributed by atoms with Crippen molar-refractivity contribution >= 4 is 27.4 Å². The van der Waals surface area contributed by atoms with Crippen LogP contribution in [0.3, 0.4) is 0 Å². The van der Waals surface area contributed by atoms with Gasteiger partial charge in [-0.2, -0.15) is 5.10 Å². The number of aryl methyl sites for hydroxylation is 1. The molecule has 2 N–H and O–H groups in total. The maximum Gasteiger partial charge on any atom is 0.121 e. The standard InChI is InChI=1S/C15H19BrN4/c1-19-15(17)10-13(18-19)11-5-6-14(12(16)9-11)20-7-3-2-4-8-20/h5-6,9-10H,2-4,7-8,17H2,1H3. The summed E-state index contributed by atoms with van der Waals surface area (Å²) in [5, 5.41) is 4.42. The molecule has 0 spiro atoms. The van der Waals surface area contributed by atoms with Crippen LogP contribution in [0, 0.1) is 0 Å². The van der Waals surface area contributed by atoms with Crippen LogP contribution in [-0.4, -0.2) is 22.9 Å². The fraction of sp³-hybridized carbons (Fsp3) is 0.400. The second kappa shape index (κ2) is 5.48. The van der Waals surface area contributed by atoms with E-state index in [0.29, 0.717) is 5.82 Å². The minimum Gasteiger partial charge on any atom is -0.384 e. The Kier molecular flexibility index (Phi) is 3.70. The first-order valence-electron chi connectivity index (χ1n) is 6.99. The predicted molar refractivity (Wildman–Crippen MR) is 86.8 cm³/mol. The van der Waals surface area contributed by atoms with E-state index >= 15 is 0 Å². The van der Waals surface area contributed by atoms with Gasteiger partial charge in [0.05, 0.1) is 11.4 Å². The minimum absolute atomic E-state index is 0.677. The number of aromatic nitrogens is 2. The first kappa shape index (κ1) is 13.5. The smallest absolute Gasteiger partial charge is 0.121 e. The van der Waals surface area contributed by atoms with Crippen molar-refractivity contribution in [1.82, 2.24) is 9.78 Å². The highest BCUT2D eigenvalue weighted by Gasteiger charge is 2.15. The van der Waals surface area contributed by atoms with E-state index in [-0.39, 0.29) is 0 Å². The summed E-state index contributed by atoms with van der Waals surface area (Å²) in [4.78, 5) is 2.45. The molecule has 1 aliphatic heterocycles. The van der Waals surface area contributed by atoms with Gasteiger partial charge in [0.15, 0.2) is 0 Å². The van der Waals surface area contributed by atoms with Crippen molar-refractivity contribution in [2.24, 2.45) is 7.05 Å². The number of hydrogen-bond donors (Lipinski definition) is 1. The molecule has 2 heterocycles. The van der Waals surface area contributed by atoms with Gasteiger partial charge in [-0.15, -0.1) is 0 Å². The Morgan fingerprint density at radius 3 is 2.50 bits per heavy atom. The molecule has 0 radical (unpaired) electrons. The molecule has 2 aromatic rings. The normalized spacial score (nSPS) is 15.6. The molecule has 4 nitrogen and oxygen atoms in total. The molecule has 0 atom stereocenters. The van der Waals surface area contributed by atoms with Gasteiger partial charge in [-0.25, -0.2) is 0 Å². The largest absolute Gasteiger partial charge is 0.384 e. The van der Waals surface area contributed by atoms with E-state index in [0.717, 1.165) is 28.8 Å². The predicted octanol–water partition coefficient (Wildman–Crippen LogP) is 3.42. The number of nitrogens with zero attached hydrogens (tertiary/aromatic N) is 3. The molecule has 1 aromatic heterocycles. The average Bonchev–Trinajstić information content (AvgIpc) is 2.79. The highest BCUT2D eigenvalue weighted by atomic mass is 79.9. The highest BCUT2D eigenvalue weighted by Crippen LogP contribution is 2.32. The highest BCUT2D eigenvalue weighted by molar-refractivity contribution is 9.10. The molecule has 0 amide bonds. The van der Waals surface area contributed by atoms with Crippen LogP contribution in [0.25, 0.3) is 11.3 Å². The number of nitrogen functional groups attached to an aromatic ring is 1. The number of piperidine rings is 1. The first-order valence-corrected chi connectivity index (χ1v) is 7.79. The maximum absolute atomic E-state index is 5.84. The van der Waals surface area contributed by atoms with Gasteiger partial charge in [0.25, 0.3) is 0 Å². The molecular formula is C15H19BrN4. The molecule has 0 saturated carbocycles. The van der Waals surface area contributed by atoms with Crippen molar-refractivity contribution in [2.75, 3.05) is 23.7 Å². The lowest BCUT2D eigenvalue weighted by Crippen LogP contribution is -2.29. The number of anilines is 2. The van der Waals surface area contributed by atoms with E-state index in [1.165, 1.54) is 24.9 Å². The summed E-state index contributed by atoms with van der Waals surface area (Å²) in [6, 6.07) is 8.33. The summed E-state index contributed by atoms with van der Waals surface area (Å²) in [6.45, 7) is 2.29. The second-order valence-electron chi connectivity index (χ2n) is 5.29. The first-order chi connectivity index (χ1) is 9.65. The summed E-state index contributed by atoms with van der Waals surface area (Å²) in [6.07, 6.45) is 3.91. The Morgan fingerprint density at radius 1 is 1.15 bits per heavy atom. The molecule has 3 rings (SSSR count). The molecule has 1 saturated heterocycles. The number of nitrogens with two attached hydrogens (primary N) is 1. The molecule has 0 unspecified atom stereocenters. The van der Waals surface area contributed by atoms with Crippen LogP contribution in [-0.2, 0) is 7.05 Å². The third-order valence-corrected chi connectivity index (χ3v) is 4.49. The lowest BCUT2D eigenvalue weighted by molar-refractivity contribution is 0.577. The van der Waals surface area contributed by atoms with Crippen LogP contribution in [0.4, 0.5) is 11.5 Å². The quantitative estimate of drug-likeness (QED) is 0.915. The lowest BCUT2D eigenvalue weighted by atomic mass is 10.1. The van der Waals surface area contributed by atoms with Crippen molar-refractivity contribution in [1.29, 1.82) is 0 Å². The summed E-state index contributed by atoms with van der Waals surface area (Å²) in [5.74, 6) is 0.677. The van der Waals surface area contributed by atoms with Gasteiger partial charge in [-0.1, -0.05) is 6.07 Å². The Morgan fingerprint density at radius 2 is 1.90 bits per heavy atom. The zero-order chi connectivity index (χ0) is 14.1. The SMILES string of the molecule is Cn1nc(-c2ccc(N3CCCCC3)c(Br)c2)cc1N. The molecular weight excluding hydrogens is 316 g/mol. The Hall–Kier alpha value is -1.49. The third kappa shape index (κ3) is 2.54. The van der Waals surface area contributed by atoms with Crippen molar-refractivity contribution < 1.29 is 0 Å². The van der Waals surface area contributed by atoms with Gasteiger partial charge >= 0.3 is 0 Å². The van der Waals surface area contributed by atoms with Crippen LogP contribution in [0.1, 0.15) is 19.3 Å². The average molecular weight is 335 g/mol. The summed E-state index contributed by atoms with van der Waals surface area (Å²) < 4.78 is 2.82. The van der Waals surface area contributed by atoms with Crippen LogP contribution < -0.4 is 10.6 Å². The van der Waals surface area contributed by atoms with Crippen molar-refractivity contribution in [3.63, 3.8) is 0 Å². The molecule has 20 heavy (non-hydrogen) atoms. The summed E-state index contributed by atoms with van der Waals surface area (Å²) >= 11 is 3.70. The fourth-order valence-corrected chi connectivity index (χ4v) is 3.31. The van der Waals surface area contributed by atoms with Crippen molar-refractivity contribution in [3.05, 3.63) is 28.7 Å². The van der Waals surface area contributed by atoms with Gasteiger partial charge in [0.2, 0.25) is 0 Å². The summed E-state index contributed by atoms with van der Waals surface area (Å²) in [5.41, 5.74) is 9.12. The number of rotatable bonds is 2. The Balaban J connectivity index is 1.90. The van der Waals surface area contributed by atoms with Crippen LogP contribution in [0.15, 0.2) is 28.7 Å². The van der Waals surface area contributed by atoms with Crippen LogP contribution >= 0.6 is 15.9 Å². The number of benzene rings is 1. The van der Waals surface area contributed by atoms with Crippen molar-refractivity contribution in [3.8, 4) is 11.3 Å². The molecule has 0 aliphatic carbocycles. The monoisotopic (exact) mass is 334 g/mol. The van der Waals surface area contributed by atoms with E-state index in [1.54, 1.807) is 4.68 Å². The zero-order valence-corrected chi connectivity index (χ0v) is 13.2. The molecule has 1 fully saturated rings. The van der Waals surface area contributed by atoms with E-state index < -0.39 is 0 Å². The van der Waals surface area contributed by atoms with Gasteiger partial charge in [-0.3, -0.25) is 4.68 Å². The van der Waals surface area contributed by atoms with Crippen LogP contribution in [0.2, 0.25) is 0 Å². The molecule has 5 heteroatoms. The molecule has 1 aromatic carbocycles. The Labute approximate surface area is 127 Å². The molecule has 0 bridgehead atoms. The van der Waals surface area contributed by atoms with Gasteiger partial charge in [0, 0.05) is 36.2 Å². The zero-order valence-electron chi connectivity index (χ0n) is 11.6. The maximum atomic E-state index is 5.84. The molecule has 1 aliphatic rings. The fourth-order valence-electron chi connectivity index (χ4n) is 2.68. The number of hydrogen-bond acceptors (Lipinski definition) is 3. The Bertz CT molecular complexity index is 595. The van der Waals surface area contributed by atoms with E-state index in [2.05, 4.69) is 44.1 Å². The summed E-state index contributed by atoms with van der Waals surface area (Å²) in [7, 11) is 1.86. The van der Waals surface area contributed by atoms with Gasteiger partial charge < -0.3 is 10.6 Å². The van der Waals surface area contributed by atoms with Gasteiger partial charge in [-0.05, 0) is 47.3 Å². The van der Waals surface area contributed by atoms with Crippen LogP contribution in [0.5, 0.6) is 0 Å². The third-order valence-electron chi connectivity index (χ3n) is 3.86.